The highest BCUT2D eigenvalue weighted by Gasteiger charge is 2.40. The topological polar surface area (TPSA) is 83.5 Å². The molecule has 0 saturated heterocycles. The number of hydrogen-bond acceptors (Lipinski definition) is 4. The van der Waals surface area contributed by atoms with Crippen molar-refractivity contribution in [3.63, 3.8) is 0 Å². The molecule has 5 nitrogen and oxygen atoms in total. The molecule has 0 aliphatic rings. The minimum Gasteiger partial charge on any atom is -0.390 e. The number of rotatable bonds is 5. The molecular formula is C8H15F2NO4S. The van der Waals surface area contributed by atoms with E-state index in [0.717, 1.165) is 20.1 Å². The molecule has 0 aliphatic carbocycles. The summed E-state index contributed by atoms with van der Waals surface area (Å²) >= 11 is 0. The molecule has 0 aliphatic heterocycles. The largest absolute Gasteiger partial charge is 0.390 e. The molecule has 16 heavy (non-hydrogen) atoms. The Morgan fingerprint density at radius 3 is 2.12 bits per heavy atom. The maximum Gasteiger partial charge on any atom is 0.287 e. The fourth-order valence-electron chi connectivity index (χ4n) is 0.647. The number of hydrogen-bond donors (Lipinski definition) is 2. The van der Waals surface area contributed by atoms with Gasteiger partial charge in [-0.1, -0.05) is 0 Å². The minimum atomic E-state index is -3.70. The van der Waals surface area contributed by atoms with Gasteiger partial charge in [0.25, 0.3) is 5.92 Å². The molecule has 0 aromatic heterocycles. The van der Waals surface area contributed by atoms with Crippen molar-refractivity contribution in [1.82, 2.24) is 5.32 Å². The Morgan fingerprint density at radius 2 is 1.81 bits per heavy atom. The van der Waals surface area contributed by atoms with Crippen LogP contribution in [-0.2, 0) is 14.6 Å². The number of aliphatic hydroxyl groups is 1. The number of sulfone groups is 1. The van der Waals surface area contributed by atoms with Crippen LogP contribution < -0.4 is 5.32 Å². The molecule has 0 unspecified atom stereocenters. The van der Waals surface area contributed by atoms with Crippen molar-refractivity contribution >= 4 is 15.7 Å². The van der Waals surface area contributed by atoms with E-state index in [9.17, 15) is 22.0 Å². The summed E-state index contributed by atoms with van der Waals surface area (Å²) in [5, 5.41) is 10.0. The molecule has 8 heteroatoms. The van der Waals surface area contributed by atoms with Crippen molar-refractivity contribution in [2.45, 2.75) is 24.5 Å². The Bertz CT molecular complexity index is 364. The van der Waals surface area contributed by atoms with Crippen molar-refractivity contribution < 1.29 is 27.1 Å². The van der Waals surface area contributed by atoms with Crippen LogP contribution in [0.5, 0.6) is 0 Å². The first-order chi connectivity index (χ1) is 6.94. The highest BCUT2D eigenvalue weighted by Crippen LogP contribution is 2.16. The van der Waals surface area contributed by atoms with Gasteiger partial charge >= 0.3 is 0 Å². The predicted molar refractivity (Wildman–Crippen MR) is 54.0 cm³/mol. The van der Waals surface area contributed by atoms with E-state index in [1.165, 1.54) is 0 Å². The molecule has 0 aromatic rings. The Hall–Kier alpha value is -0.760. The van der Waals surface area contributed by atoms with E-state index in [2.05, 4.69) is 0 Å². The highest BCUT2D eigenvalue weighted by molar-refractivity contribution is 7.92. The quantitative estimate of drug-likeness (QED) is 0.700. The summed E-state index contributed by atoms with van der Waals surface area (Å²) in [4.78, 5) is 11.4. The first kappa shape index (κ1) is 15.2. The van der Waals surface area contributed by atoms with Gasteiger partial charge in [-0.15, -0.1) is 0 Å². The zero-order valence-corrected chi connectivity index (χ0v) is 10.1. The van der Waals surface area contributed by atoms with Gasteiger partial charge in [0.05, 0.1) is 6.54 Å². The molecule has 2 N–H and O–H groups in total. The highest BCUT2D eigenvalue weighted by atomic mass is 32.2. The molecule has 0 atom stereocenters. The summed E-state index contributed by atoms with van der Waals surface area (Å²) in [5.74, 6) is -4.48. The summed E-state index contributed by atoms with van der Waals surface area (Å²) in [7, 11) is -3.70. The van der Waals surface area contributed by atoms with Crippen molar-refractivity contribution in [2.75, 3.05) is 19.4 Å². The second-order valence-corrected chi connectivity index (χ2v) is 6.54. The number of carbonyl (C=O) groups excluding carboxylic acids is 1. The second-order valence-electron chi connectivity index (χ2n) is 3.98. The Kier molecular flexibility index (Phi) is 4.40. The van der Waals surface area contributed by atoms with Gasteiger partial charge in [-0.3, -0.25) is 4.79 Å². The summed E-state index contributed by atoms with van der Waals surface area (Å²) in [6.45, 7) is -0.266. The van der Waals surface area contributed by atoms with Crippen molar-refractivity contribution in [2.24, 2.45) is 0 Å². The summed E-state index contributed by atoms with van der Waals surface area (Å²) in [6, 6.07) is 0. The van der Waals surface area contributed by atoms with E-state index in [1.807, 2.05) is 0 Å². The van der Waals surface area contributed by atoms with Crippen LogP contribution in [0.2, 0.25) is 0 Å². The van der Waals surface area contributed by atoms with Gasteiger partial charge in [-0.25, -0.2) is 17.2 Å². The SMILES string of the molecule is CC(C)(C(=O)NCC(F)(F)CO)S(C)(=O)=O. The lowest BCUT2D eigenvalue weighted by atomic mass is 10.2. The van der Waals surface area contributed by atoms with Gasteiger partial charge in [0.15, 0.2) is 9.84 Å². The van der Waals surface area contributed by atoms with Crippen LogP contribution in [0.4, 0.5) is 8.78 Å². The number of alkyl halides is 2. The number of halogens is 2. The zero-order valence-electron chi connectivity index (χ0n) is 9.25. The van der Waals surface area contributed by atoms with E-state index in [4.69, 9.17) is 5.11 Å². The lowest BCUT2D eigenvalue weighted by Gasteiger charge is -2.23. The maximum absolute atomic E-state index is 12.6. The third-order valence-corrected chi connectivity index (χ3v) is 4.25. The maximum atomic E-state index is 12.6. The third kappa shape index (κ3) is 3.67. The van der Waals surface area contributed by atoms with Crippen LogP contribution in [0.3, 0.4) is 0 Å². The van der Waals surface area contributed by atoms with Gasteiger partial charge in [0, 0.05) is 6.26 Å². The number of amides is 1. The second kappa shape index (κ2) is 4.62. The molecule has 0 saturated carbocycles. The van der Waals surface area contributed by atoms with E-state index >= 15 is 0 Å². The number of aliphatic hydroxyl groups excluding tert-OH is 1. The molecule has 0 heterocycles. The van der Waals surface area contributed by atoms with Crippen LogP contribution in [0.25, 0.3) is 0 Å². The van der Waals surface area contributed by atoms with Crippen molar-refractivity contribution in [1.29, 1.82) is 0 Å². The smallest absolute Gasteiger partial charge is 0.287 e. The molecule has 0 radical (unpaired) electrons. The van der Waals surface area contributed by atoms with E-state index < -0.39 is 39.6 Å². The summed E-state index contributed by atoms with van der Waals surface area (Å²) < 4.78 is 45.8. The number of carbonyl (C=O) groups is 1. The van der Waals surface area contributed by atoms with Crippen LogP contribution in [0.1, 0.15) is 13.8 Å². The lowest BCUT2D eigenvalue weighted by Crippen LogP contribution is -2.51. The zero-order chi connectivity index (χ0) is 13.2. The monoisotopic (exact) mass is 259 g/mol. The fourth-order valence-corrected chi connectivity index (χ4v) is 1.06. The molecular weight excluding hydrogens is 244 g/mol. The van der Waals surface area contributed by atoms with Crippen LogP contribution in [0.15, 0.2) is 0 Å². The fraction of sp³-hybridized carbons (Fsp3) is 0.875. The molecule has 96 valence electrons. The van der Waals surface area contributed by atoms with Gasteiger partial charge < -0.3 is 10.4 Å². The first-order valence-electron chi connectivity index (χ1n) is 4.40. The molecule has 1 amide bonds. The van der Waals surface area contributed by atoms with E-state index in [-0.39, 0.29) is 0 Å². The summed E-state index contributed by atoms with van der Waals surface area (Å²) in [5.41, 5.74) is 0. The van der Waals surface area contributed by atoms with E-state index in [1.54, 1.807) is 5.32 Å². The molecule has 0 aromatic carbocycles. The third-order valence-electron chi connectivity index (χ3n) is 2.21. The van der Waals surface area contributed by atoms with Gasteiger partial charge in [0.1, 0.15) is 11.4 Å². The minimum absolute atomic E-state index is 0.844. The standard InChI is InChI=1S/C8H15F2NO4S/c1-7(2,16(3,14)15)6(13)11-4-8(9,10)5-12/h12H,4-5H2,1-3H3,(H,11,13). The average molecular weight is 259 g/mol. The van der Waals surface area contributed by atoms with Gasteiger partial charge in [0.2, 0.25) is 5.91 Å². The average Bonchev–Trinajstić information content (AvgIpc) is 2.12. The molecule has 0 spiro atoms. The van der Waals surface area contributed by atoms with Crippen molar-refractivity contribution in [3.05, 3.63) is 0 Å². The summed E-state index contributed by atoms with van der Waals surface area (Å²) in [6.07, 6.45) is 0.844. The van der Waals surface area contributed by atoms with Crippen molar-refractivity contribution in [3.8, 4) is 0 Å². The Labute approximate surface area is 92.8 Å². The normalized spacial score (nSPS) is 13.6. The number of nitrogens with one attached hydrogen (secondary N) is 1. The van der Waals surface area contributed by atoms with Gasteiger partial charge in [-0.2, -0.15) is 0 Å². The first-order valence-corrected chi connectivity index (χ1v) is 6.30. The van der Waals surface area contributed by atoms with Gasteiger partial charge in [-0.05, 0) is 13.8 Å². The molecule has 0 fully saturated rings. The van der Waals surface area contributed by atoms with E-state index in [0.29, 0.717) is 0 Å². The predicted octanol–water partition coefficient (Wildman–Crippen LogP) is -0.447. The van der Waals surface area contributed by atoms with Crippen LogP contribution in [-0.4, -0.2) is 49.5 Å². The Balaban J connectivity index is 4.63. The molecule has 0 rings (SSSR count). The van der Waals surface area contributed by atoms with Crippen LogP contribution in [0, 0.1) is 0 Å². The Morgan fingerprint density at radius 1 is 1.38 bits per heavy atom. The van der Waals surface area contributed by atoms with Crippen LogP contribution >= 0.6 is 0 Å². The molecule has 0 bridgehead atoms. The lowest BCUT2D eigenvalue weighted by molar-refractivity contribution is -0.125.